The van der Waals surface area contributed by atoms with E-state index < -0.39 is 10.1 Å². The lowest BCUT2D eigenvalue weighted by Crippen LogP contribution is -2.25. The zero-order valence-corrected chi connectivity index (χ0v) is 18.5. The molecule has 1 aromatic heterocycles. The van der Waals surface area contributed by atoms with Crippen LogP contribution in [0.25, 0.3) is 5.69 Å². The minimum Gasteiger partial charge on any atom is -0.270 e. The highest BCUT2D eigenvalue weighted by Crippen LogP contribution is 2.41. The highest BCUT2D eigenvalue weighted by molar-refractivity contribution is 7.85. The molecule has 0 radical (unpaired) electrons. The fourth-order valence-electron chi connectivity index (χ4n) is 4.91. The number of rotatable bonds is 6. The first-order valence-corrected chi connectivity index (χ1v) is 12.8. The average molecular weight is 437 g/mol. The second-order valence-corrected chi connectivity index (χ2v) is 10.5. The summed E-state index contributed by atoms with van der Waals surface area (Å²) in [5.41, 5.74) is 4.58. The van der Waals surface area contributed by atoms with E-state index in [0.29, 0.717) is 10.9 Å². The summed E-state index contributed by atoms with van der Waals surface area (Å²) in [6.45, 7) is 0.190. The van der Waals surface area contributed by atoms with E-state index in [1.54, 1.807) is 0 Å². The Kier molecular flexibility index (Phi) is 6.32. The van der Waals surface area contributed by atoms with Gasteiger partial charge in [0.2, 0.25) is 0 Å². The molecule has 1 atom stereocenters. The summed E-state index contributed by atoms with van der Waals surface area (Å²) in [6.07, 6.45) is 11.3. The van der Waals surface area contributed by atoms with Gasteiger partial charge in [0.25, 0.3) is 10.1 Å². The van der Waals surface area contributed by atoms with E-state index in [0.717, 1.165) is 61.9 Å². The molecule has 1 unspecified atom stereocenters. The zero-order chi connectivity index (χ0) is 20.4. The van der Waals surface area contributed by atoms with Gasteiger partial charge in [-0.1, -0.05) is 30.9 Å². The molecule has 29 heavy (non-hydrogen) atoms. The van der Waals surface area contributed by atoms with Gasteiger partial charge in [0, 0.05) is 10.9 Å². The average Bonchev–Trinajstić information content (AvgIpc) is 3.08. The van der Waals surface area contributed by atoms with Crippen molar-refractivity contribution in [2.75, 3.05) is 12.9 Å². The summed E-state index contributed by atoms with van der Waals surface area (Å²) < 4.78 is 31.0. The number of hydrogen-bond donors (Lipinski definition) is 0. The van der Waals surface area contributed by atoms with E-state index in [-0.39, 0.29) is 12.5 Å². The Bertz CT molecular complexity index is 947. The summed E-state index contributed by atoms with van der Waals surface area (Å²) in [4.78, 5) is 0. The summed E-state index contributed by atoms with van der Waals surface area (Å²) >= 11 is 6.11. The third-order valence-corrected chi connectivity index (χ3v) is 7.12. The lowest BCUT2D eigenvalue weighted by molar-refractivity contribution is 0.212. The first-order chi connectivity index (χ1) is 13.9. The number of hydrogen-bond acceptors (Lipinski definition) is 4. The Morgan fingerprint density at radius 3 is 2.48 bits per heavy atom. The van der Waals surface area contributed by atoms with Crippen LogP contribution in [-0.2, 0) is 27.1 Å². The molecule has 0 bridgehead atoms. The van der Waals surface area contributed by atoms with E-state index in [9.17, 15) is 8.42 Å². The fraction of sp³-hybridized carbons (Fsp3) is 0.591. The van der Waals surface area contributed by atoms with E-state index in [2.05, 4.69) is 0 Å². The maximum absolute atomic E-state index is 11.8. The van der Waals surface area contributed by atoms with E-state index >= 15 is 0 Å². The number of halogens is 1. The van der Waals surface area contributed by atoms with Gasteiger partial charge >= 0.3 is 0 Å². The monoisotopic (exact) mass is 436 g/mol. The molecule has 0 spiro atoms. The molecule has 0 amide bonds. The van der Waals surface area contributed by atoms with Crippen molar-refractivity contribution in [2.45, 2.75) is 63.7 Å². The van der Waals surface area contributed by atoms with Crippen LogP contribution >= 0.6 is 11.6 Å². The van der Waals surface area contributed by atoms with Crippen LogP contribution in [0.1, 0.15) is 67.8 Å². The quantitative estimate of drug-likeness (QED) is 0.595. The molecule has 2 aromatic rings. The Balaban J connectivity index is 1.81. The van der Waals surface area contributed by atoms with Gasteiger partial charge < -0.3 is 0 Å². The van der Waals surface area contributed by atoms with Crippen LogP contribution in [-0.4, -0.2) is 31.1 Å². The highest BCUT2D eigenvalue weighted by atomic mass is 35.5. The van der Waals surface area contributed by atoms with Gasteiger partial charge in [0.15, 0.2) is 0 Å². The van der Waals surface area contributed by atoms with Gasteiger partial charge in [-0.25, -0.2) is 4.68 Å². The number of benzene rings is 1. The topological polar surface area (TPSA) is 61.2 Å². The Labute approximate surface area is 178 Å². The molecular weight excluding hydrogens is 408 g/mol. The van der Waals surface area contributed by atoms with Crippen LogP contribution < -0.4 is 0 Å². The van der Waals surface area contributed by atoms with Crippen LogP contribution in [0.3, 0.4) is 0 Å². The second kappa shape index (κ2) is 8.78. The normalized spacial score (nSPS) is 19.1. The molecule has 0 saturated heterocycles. The molecule has 0 aliphatic heterocycles. The first kappa shape index (κ1) is 20.9. The van der Waals surface area contributed by atoms with Crippen molar-refractivity contribution in [3.05, 3.63) is 46.2 Å². The molecule has 1 heterocycles. The Morgan fingerprint density at radius 2 is 1.79 bits per heavy atom. The lowest BCUT2D eigenvalue weighted by atomic mass is 9.77. The maximum atomic E-state index is 11.8. The number of aryl methyl sites for hydroxylation is 1. The molecule has 0 N–H and O–H groups in total. The number of aromatic nitrogens is 2. The maximum Gasteiger partial charge on any atom is 0.264 e. The molecule has 5 nitrogen and oxygen atoms in total. The van der Waals surface area contributed by atoms with Gasteiger partial charge in [-0.3, -0.25) is 4.18 Å². The van der Waals surface area contributed by atoms with Crippen molar-refractivity contribution in [1.29, 1.82) is 0 Å². The van der Waals surface area contributed by atoms with Crippen molar-refractivity contribution >= 4 is 21.7 Å². The van der Waals surface area contributed by atoms with Crippen LogP contribution in [0.15, 0.2) is 24.3 Å². The molecule has 2 aliphatic carbocycles. The number of fused-ring (bicyclic) bond motifs is 1. The lowest BCUT2D eigenvalue weighted by Gasteiger charge is -2.31. The van der Waals surface area contributed by atoms with Crippen LogP contribution in [0, 0.1) is 5.92 Å². The first-order valence-electron chi connectivity index (χ1n) is 10.6. The van der Waals surface area contributed by atoms with Gasteiger partial charge in [0.05, 0.1) is 29.9 Å². The van der Waals surface area contributed by atoms with Crippen molar-refractivity contribution in [3.63, 3.8) is 0 Å². The molecule has 7 heteroatoms. The van der Waals surface area contributed by atoms with Crippen molar-refractivity contribution in [2.24, 2.45) is 5.92 Å². The predicted octanol–water partition coefficient (Wildman–Crippen LogP) is 5.04. The van der Waals surface area contributed by atoms with Crippen molar-refractivity contribution in [1.82, 2.24) is 9.78 Å². The molecule has 1 aromatic carbocycles. The van der Waals surface area contributed by atoms with Crippen LogP contribution in [0.4, 0.5) is 0 Å². The summed E-state index contributed by atoms with van der Waals surface area (Å²) in [5, 5.41) is 5.67. The van der Waals surface area contributed by atoms with E-state index in [1.807, 2.05) is 28.9 Å². The van der Waals surface area contributed by atoms with E-state index in [4.69, 9.17) is 20.9 Å². The highest BCUT2D eigenvalue weighted by Gasteiger charge is 2.34. The zero-order valence-electron chi connectivity index (χ0n) is 16.9. The standard InChI is InChI=1S/C22H29ClN2O3S/c1-29(26,27)28-15-20(16-7-3-2-4-8-16)22-19-9-5-6-10-21(19)24-25(22)18-13-11-17(23)12-14-18/h11-14,16,20H,2-10,15H2,1H3. The van der Waals surface area contributed by atoms with Crippen molar-refractivity contribution < 1.29 is 12.6 Å². The van der Waals surface area contributed by atoms with Gasteiger partial charge in [-0.05, 0) is 74.3 Å². The fourth-order valence-corrected chi connectivity index (χ4v) is 5.43. The third-order valence-electron chi connectivity index (χ3n) is 6.30. The smallest absolute Gasteiger partial charge is 0.264 e. The van der Waals surface area contributed by atoms with Crippen LogP contribution in [0.2, 0.25) is 5.02 Å². The van der Waals surface area contributed by atoms with Crippen molar-refractivity contribution in [3.8, 4) is 5.69 Å². The molecule has 158 valence electrons. The van der Waals surface area contributed by atoms with Crippen LogP contribution in [0.5, 0.6) is 0 Å². The molecule has 1 fully saturated rings. The minimum absolute atomic E-state index is 0.0232. The second-order valence-electron chi connectivity index (χ2n) is 8.40. The molecular formula is C22H29ClN2O3S. The Morgan fingerprint density at radius 1 is 1.10 bits per heavy atom. The summed E-state index contributed by atoms with van der Waals surface area (Å²) in [6, 6.07) is 7.73. The molecule has 2 aliphatic rings. The summed E-state index contributed by atoms with van der Waals surface area (Å²) in [5.74, 6) is 0.439. The molecule has 1 saturated carbocycles. The predicted molar refractivity (Wildman–Crippen MR) is 115 cm³/mol. The number of nitrogens with zero attached hydrogens (tertiary/aromatic N) is 2. The van der Waals surface area contributed by atoms with E-state index in [1.165, 1.54) is 24.8 Å². The largest absolute Gasteiger partial charge is 0.270 e. The summed E-state index contributed by atoms with van der Waals surface area (Å²) in [7, 11) is -3.50. The van der Waals surface area contributed by atoms with Gasteiger partial charge in [-0.15, -0.1) is 0 Å². The minimum atomic E-state index is -3.50. The Hall–Kier alpha value is -1.37. The third kappa shape index (κ3) is 4.86. The SMILES string of the molecule is CS(=O)(=O)OCC(c1c2c(nn1-c1ccc(Cl)cc1)CCCC2)C1CCCCC1. The van der Waals surface area contributed by atoms with Gasteiger partial charge in [-0.2, -0.15) is 13.5 Å². The molecule has 4 rings (SSSR count). The van der Waals surface area contributed by atoms with Gasteiger partial charge in [0.1, 0.15) is 0 Å².